The Morgan fingerprint density at radius 3 is 2.67 bits per heavy atom. The van der Waals surface area contributed by atoms with E-state index in [9.17, 15) is 4.39 Å². The molecule has 0 radical (unpaired) electrons. The highest BCUT2D eigenvalue weighted by Gasteiger charge is 2.21. The molecule has 0 spiro atoms. The Hall–Kier alpha value is -1.40. The lowest BCUT2D eigenvalue weighted by atomic mass is 9.94. The molecule has 1 aromatic carbocycles. The van der Waals surface area contributed by atoms with E-state index in [4.69, 9.17) is 5.26 Å². The fraction of sp³-hybridized carbons (Fsp3) is 0.417. The second kappa shape index (κ2) is 4.41. The maximum Gasteiger partial charge on any atom is 0.123 e. The van der Waals surface area contributed by atoms with Crippen LogP contribution in [0, 0.1) is 17.1 Å². The molecule has 0 amide bonds. The fourth-order valence-corrected chi connectivity index (χ4v) is 2.00. The summed E-state index contributed by atoms with van der Waals surface area (Å²) in [7, 11) is 0. The Morgan fingerprint density at radius 1 is 1.27 bits per heavy atom. The molecule has 2 rings (SSSR count). The first kappa shape index (κ1) is 10.1. The second-order valence-corrected chi connectivity index (χ2v) is 3.88. The molecule has 1 aliphatic heterocycles. The Kier molecular flexibility index (Phi) is 2.98. The van der Waals surface area contributed by atoms with Gasteiger partial charge in [-0.1, -0.05) is 12.1 Å². The van der Waals surface area contributed by atoms with Crippen LogP contribution in [-0.4, -0.2) is 6.04 Å². The van der Waals surface area contributed by atoms with E-state index in [0.29, 0.717) is 0 Å². The molecular weight excluding hydrogens is 191 g/mol. The van der Waals surface area contributed by atoms with E-state index in [2.05, 4.69) is 11.4 Å². The van der Waals surface area contributed by atoms with Gasteiger partial charge in [0.25, 0.3) is 0 Å². The maximum absolute atomic E-state index is 12.7. The number of halogens is 1. The lowest BCUT2D eigenvalue weighted by Crippen LogP contribution is -2.35. The summed E-state index contributed by atoms with van der Waals surface area (Å²) < 4.78 is 12.7. The Balaban J connectivity index is 2.10. The zero-order valence-electron chi connectivity index (χ0n) is 8.41. The van der Waals surface area contributed by atoms with Crippen LogP contribution >= 0.6 is 0 Å². The van der Waals surface area contributed by atoms with Crippen molar-refractivity contribution in [2.75, 3.05) is 0 Å². The van der Waals surface area contributed by atoms with Crippen LogP contribution in [0.4, 0.5) is 4.39 Å². The maximum atomic E-state index is 12.7. The minimum absolute atomic E-state index is 0.0613. The lowest BCUT2D eigenvalue weighted by Gasteiger charge is -2.27. The third kappa shape index (κ3) is 2.34. The van der Waals surface area contributed by atoms with Gasteiger partial charge in [-0.05, 0) is 37.0 Å². The van der Waals surface area contributed by atoms with E-state index in [1.54, 1.807) is 12.1 Å². The van der Waals surface area contributed by atoms with Crippen LogP contribution in [0.5, 0.6) is 0 Å². The molecule has 1 fully saturated rings. The van der Waals surface area contributed by atoms with E-state index >= 15 is 0 Å². The van der Waals surface area contributed by atoms with Crippen molar-refractivity contribution in [1.29, 1.82) is 5.26 Å². The summed E-state index contributed by atoms with van der Waals surface area (Å²) in [5.74, 6) is -0.216. The molecule has 2 unspecified atom stereocenters. The van der Waals surface area contributed by atoms with Crippen LogP contribution < -0.4 is 5.32 Å². The van der Waals surface area contributed by atoms with Gasteiger partial charge in [-0.15, -0.1) is 0 Å². The normalized spacial score (nSPS) is 25.9. The lowest BCUT2D eigenvalue weighted by molar-refractivity contribution is 0.368. The highest BCUT2D eigenvalue weighted by Crippen LogP contribution is 2.25. The zero-order chi connectivity index (χ0) is 10.7. The molecule has 3 heteroatoms. The summed E-state index contributed by atoms with van der Waals surface area (Å²) in [6.45, 7) is 0. The number of rotatable bonds is 1. The molecule has 0 bridgehead atoms. The molecule has 2 nitrogen and oxygen atoms in total. The molecule has 1 aliphatic rings. The van der Waals surface area contributed by atoms with Crippen LogP contribution in [0.25, 0.3) is 0 Å². The Labute approximate surface area is 88.7 Å². The molecular formula is C12H13FN2. The number of nitriles is 1. The van der Waals surface area contributed by atoms with E-state index in [0.717, 1.165) is 24.8 Å². The average Bonchev–Trinajstić information content (AvgIpc) is 2.30. The minimum atomic E-state index is -0.216. The first-order valence-corrected chi connectivity index (χ1v) is 5.21. The van der Waals surface area contributed by atoms with Crippen LogP contribution in [0.2, 0.25) is 0 Å². The van der Waals surface area contributed by atoms with Crippen molar-refractivity contribution >= 4 is 0 Å². The highest BCUT2D eigenvalue weighted by atomic mass is 19.1. The van der Waals surface area contributed by atoms with E-state index in [1.165, 1.54) is 12.1 Å². The molecule has 0 saturated carbocycles. The van der Waals surface area contributed by atoms with Crippen LogP contribution in [0.1, 0.15) is 30.9 Å². The van der Waals surface area contributed by atoms with Crippen molar-refractivity contribution < 1.29 is 4.39 Å². The van der Waals surface area contributed by atoms with E-state index in [1.807, 2.05) is 0 Å². The van der Waals surface area contributed by atoms with Crippen LogP contribution in [0.3, 0.4) is 0 Å². The third-order valence-corrected chi connectivity index (χ3v) is 2.82. The SMILES string of the molecule is N#CC1CCCC(c2ccc(F)cc2)N1. The predicted octanol–water partition coefficient (Wildman–Crippen LogP) is 2.53. The van der Waals surface area contributed by atoms with Gasteiger partial charge < -0.3 is 0 Å². The number of benzene rings is 1. The van der Waals surface area contributed by atoms with Gasteiger partial charge in [-0.2, -0.15) is 5.26 Å². The van der Waals surface area contributed by atoms with Gasteiger partial charge in [0.2, 0.25) is 0 Å². The predicted molar refractivity (Wildman–Crippen MR) is 55.5 cm³/mol. The Bertz CT molecular complexity index is 366. The van der Waals surface area contributed by atoms with Gasteiger partial charge >= 0.3 is 0 Å². The molecule has 0 aromatic heterocycles. The number of hydrogen-bond acceptors (Lipinski definition) is 2. The third-order valence-electron chi connectivity index (χ3n) is 2.82. The second-order valence-electron chi connectivity index (χ2n) is 3.88. The largest absolute Gasteiger partial charge is 0.295 e. The number of hydrogen-bond donors (Lipinski definition) is 1. The van der Waals surface area contributed by atoms with Crippen molar-refractivity contribution in [2.45, 2.75) is 31.3 Å². The molecule has 1 heterocycles. The monoisotopic (exact) mass is 204 g/mol. The van der Waals surface area contributed by atoms with Crippen molar-refractivity contribution in [2.24, 2.45) is 0 Å². The molecule has 1 saturated heterocycles. The summed E-state index contributed by atoms with van der Waals surface area (Å²) in [4.78, 5) is 0. The van der Waals surface area contributed by atoms with Crippen molar-refractivity contribution in [3.63, 3.8) is 0 Å². The van der Waals surface area contributed by atoms with Gasteiger partial charge in [0, 0.05) is 6.04 Å². The van der Waals surface area contributed by atoms with Gasteiger partial charge in [-0.3, -0.25) is 5.32 Å². The molecule has 78 valence electrons. The summed E-state index contributed by atoms with van der Waals surface area (Å²) in [6, 6.07) is 8.87. The van der Waals surface area contributed by atoms with Crippen molar-refractivity contribution in [1.82, 2.24) is 5.32 Å². The minimum Gasteiger partial charge on any atom is -0.295 e. The van der Waals surface area contributed by atoms with Crippen molar-refractivity contribution in [3.05, 3.63) is 35.6 Å². The van der Waals surface area contributed by atoms with Crippen molar-refractivity contribution in [3.8, 4) is 6.07 Å². The topological polar surface area (TPSA) is 35.8 Å². The first-order chi connectivity index (χ1) is 7.29. The summed E-state index contributed by atoms with van der Waals surface area (Å²) in [5, 5.41) is 12.1. The standard InChI is InChI=1S/C12H13FN2/c13-10-6-4-9(5-7-10)12-3-1-2-11(8-14)15-12/h4-7,11-12,15H,1-3H2. The summed E-state index contributed by atoms with van der Waals surface area (Å²) >= 11 is 0. The summed E-state index contributed by atoms with van der Waals surface area (Å²) in [6.07, 6.45) is 2.98. The van der Waals surface area contributed by atoms with Gasteiger partial charge in [-0.25, -0.2) is 4.39 Å². The fourth-order valence-electron chi connectivity index (χ4n) is 2.00. The number of piperidine rings is 1. The highest BCUT2D eigenvalue weighted by molar-refractivity contribution is 5.21. The molecule has 1 N–H and O–H groups in total. The molecule has 1 aromatic rings. The van der Waals surface area contributed by atoms with E-state index in [-0.39, 0.29) is 17.9 Å². The quantitative estimate of drug-likeness (QED) is 0.763. The molecule has 15 heavy (non-hydrogen) atoms. The first-order valence-electron chi connectivity index (χ1n) is 5.21. The molecule has 0 aliphatic carbocycles. The average molecular weight is 204 g/mol. The number of nitrogens with zero attached hydrogens (tertiary/aromatic N) is 1. The van der Waals surface area contributed by atoms with Gasteiger partial charge in [0.1, 0.15) is 5.82 Å². The molecule has 2 atom stereocenters. The summed E-state index contributed by atoms with van der Waals surface area (Å²) in [5.41, 5.74) is 1.07. The zero-order valence-corrected chi connectivity index (χ0v) is 8.41. The van der Waals surface area contributed by atoms with Gasteiger partial charge in [0.05, 0.1) is 12.1 Å². The van der Waals surface area contributed by atoms with Crippen LogP contribution in [0.15, 0.2) is 24.3 Å². The Morgan fingerprint density at radius 2 is 2.00 bits per heavy atom. The number of nitrogens with one attached hydrogen (secondary N) is 1. The van der Waals surface area contributed by atoms with Crippen LogP contribution in [-0.2, 0) is 0 Å². The smallest absolute Gasteiger partial charge is 0.123 e. The van der Waals surface area contributed by atoms with Gasteiger partial charge in [0.15, 0.2) is 0 Å². The van der Waals surface area contributed by atoms with E-state index < -0.39 is 0 Å².